The Labute approximate surface area is 125 Å². The van der Waals surface area contributed by atoms with Crippen molar-refractivity contribution in [2.75, 3.05) is 5.73 Å². The SMILES string of the molecule is Cc1cnc(CNS(=O)(=O)c2c(N)nc3ccccn23)s1. The number of hydrogen-bond donors (Lipinski definition) is 2. The van der Waals surface area contributed by atoms with Gasteiger partial charge < -0.3 is 5.73 Å². The molecule has 0 radical (unpaired) electrons. The predicted molar refractivity (Wildman–Crippen MR) is 80.5 cm³/mol. The van der Waals surface area contributed by atoms with Gasteiger partial charge in [0.15, 0.2) is 10.8 Å². The summed E-state index contributed by atoms with van der Waals surface area (Å²) in [7, 11) is -3.77. The fourth-order valence-electron chi connectivity index (χ4n) is 1.97. The number of anilines is 1. The number of aryl methyl sites for hydroxylation is 1. The largest absolute Gasteiger partial charge is 0.381 e. The van der Waals surface area contributed by atoms with E-state index in [4.69, 9.17) is 5.73 Å². The number of sulfonamides is 1. The Bertz CT molecular complexity index is 897. The van der Waals surface area contributed by atoms with Gasteiger partial charge in [0.25, 0.3) is 10.0 Å². The molecule has 9 heteroatoms. The van der Waals surface area contributed by atoms with Crippen LogP contribution >= 0.6 is 11.3 Å². The average Bonchev–Trinajstić information content (AvgIpc) is 2.99. The molecule has 0 saturated carbocycles. The number of pyridine rings is 1. The zero-order valence-electron chi connectivity index (χ0n) is 11.1. The molecule has 0 unspecified atom stereocenters. The Morgan fingerprint density at radius 2 is 2.24 bits per heavy atom. The number of thiazole rings is 1. The fourth-order valence-corrected chi connectivity index (χ4v) is 3.98. The van der Waals surface area contributed by atoms with E-state index in [-0.39, 0.29) is 17.4 Å². The molecule has 0 aliphatic carbocycles. The van der Waals surface area contributed by atoms with Crippen molar-refractivity contribution in [3.8, 4) is 0 Å². The molecular formula is C12H13N5O2S2. The summed E-state index contributed by atoms with van der Waals surface area (Å²) in [5, 5.41) is 0.648. The molecule has 0 amide bonds. The van der Waals surface area contributed by atoms with Gasteiger partial charge in [0, 0.05) is 17.3 Å². The first-order valence-corrected chi connectivity index (χ1v) is 8.41. The maximum atomic E-state index is 12.4. The van der Waals surface area contributed by atoms with Gasteiger partial charge in [0.05, 0.1) is 6.54 Å². The average molecular weight is 323 g/mol. The van der Waals surface area contributed by atoms with E-state index in [1.165, 1.54) is 15.7 Å². The van der Waals surface area contributed by atoms with Gasteiger partial charge in [-0.1, -0.05) is 6.07 Å². The summed E-state index contributed by atoms with van der Waals surface area (Å²) in [5.41, 5.74) is 6.23. The monoisotopic (exact) mass is 323 g/mol. The Balaban J connectivity index is 1.95. The van der Waals surface area contributed by atoms with E-state index in [1.54, 1.807) is 30.6 Å². The lowest BCUT2D eigenvalue weighted by Crippen LogP contribution is -2.25. The topological polar surface area (TPSA) is 102 Å². The summed E-state index contributed by atoms with van der Waals surface area (Å²) in [5.74, 6) is -0.0241. The van der Waals surface area contributed by atoms with E-state index in [2.05, 4.69) is 14.7 Å². The fraction of sp³-hybridized carbons (Fsp3) is 0.167. The molecule has 0 saturated heterocycles. The number of hydrogen-bond acceptors (Lipinski definition) is 6. The molecule has 0 bridgehead atoms. The first-order valence-electron chi connectivity index (χ1n) is 6.11. The molecule has 7 nitrogen and oxygen atoms in total. The number of nitrogens with one attached hydrogen (secondary N) is 1. The highest BCUT2D eigenvalue weighted by atomic mass is 32.2. The summed E-state index contributed by atoms with van der Waals surface area (Å²) in [6, 6.07) is 5.18. The zero-order chi connectivity index (χ0) is 15.0. The van der Waals surface area contributed by atoms with E-state index >= 15 is 0 Å². The van der Waals surface area contributed by atoms with Crippen molar-refractivity contribution in [3.63, 3.8) is 0 Å². The van der Waals surface area contributed by atoms with E-state index in [0.29, 0.717) is 10.7 Å². The van der Waals surface area contributed by atoms with Crippen LogP contribution in [0.2, 0.25) is 0 Å². The van der Waals surface area contributed by atoms with Gasteiger partial charge in [0.1, 0.15) is 10.7 Å². The maximum absolute atomic E-state index is 12.4. The van der Waals surface area contributed by atoms with Gasteiger partial charge in [-0.05, 0) is 19.1 Å². The van der Waals surface area contributed by atoms with Crippen LogP contribution in [0.1, 0.15) is 9.88 Å². The van der Waals surface area contributed by atoms with Gasteiger partial charge >= 0.3 is 0 Å². The normalized spacial score (nSPS) is 12.0. The molecule has 0 spiro atoms. The predicted octanol–water partition coefficient (Wildman–Crippen LogP) is 1.16. The molecule has 0 fully saturated rings. The first kappa shape index (κ1) is 14.0. The Morgan fingerprint density at radius 1 is 1.43 bits per heavy atom. The molecule has 3 rings (SSSR count). The number of rotatable bonds is 4. The summed E-state index contributed by atoms with van der Waals surface area (Å²) in [6.07, 6.45) is 3.32. The Morgan fingerprint density at radius 3 is 2.95 bits per heavy atom. The highest BCUT2D eigenvalue weighted by Gasteiger charge is 2.23. The third-order valence-electron chi connectivity index (χ3n) is 2.85. The number of aromatic nitrogens is 3. The first-order chi connectivity index (χ1) is 9.97. The Kier molecular flexibility index (Phi) is 3.40. The van der Waals surface area contributed by atoms with Crippen molar-refractivity contribution in [1.29, 1.82) is 0 Å². The molecule has 0 aliphatic rings. The van der Waals surface area contributed by atoms with Crippen LogP contribution in [0.5, 0.6) is 0 Å². The van der Waals surface area contributed by atoms with Gasteiger partial charge in [0.2, 0.25) is 0 Å². The minimum absolute atomic E-state index is 0.0241. The lowest BCUT2D eigenvalue weighted by molar-refractivity contribution is 0.576. The van der Waals surface area contributed by atoms with E-state index in [9.17, 15) is 8.42 Å². The molecule has 3 heterocycles. The van der Waals surface area contributed by atoms with Crippen LogP contribution in [-0.4, -0.2) is 22.8 Å². The molecule has 110 valence electrons. The second-order valence-electron chi connectivity index (χ2n) is 4.42. The van der Waals surface area contributed by atoms with Crippen molar-refractivity contribution in [2.24, 2.45) is 0 Å². The number of fused-ring (bicyclic) bond motifs is 1. The maximum Gasteiger partial charge on any atom is 0.260 e. The zero-order valence-corrected chi connectivity index (χ0v) is 12.8. The minimum atomic E-state index is -3.77. The van der Waals surface area contributed by atoms with E-state index in [1.807, 2.05) is 6.92 Å². The van der Waals surface area contributed by atoms with Crippen molar-refractivity contribution in [1.82, 2.24) is 19.1 Å². The summed E-state index contributed by atoms with van der Waals surface area (Å²) in [6.45, 7) is 2.04. The lowest BCUT2D eigenvalue weighted by atomic mass is 10.5. The summed E-state index contributed by atoms with van der Waals surface area (Å²) >= 11 is 1.44. The van der Waals surface area contributed by atoms with Crippen LogP contribution in [0.15, 0.2) is 35.6 Å². The number of nitrogen functional groups attached to an aromatic ring is 1. The van der Waals surface area contributed by atoms with Crippen LogP contribution in [0.4, 0.5) is 5.82 Å². The third kappa shape index (κ3) is 2.62. The molecule has 3 aromatic rings. The molecule has 0 aliphatic heterocycles. The second-order valence-corrected chi connectivity index (χ2v) is 7.42. The minimum Gasteiger partial charge on any atom is -0.381 e. The third-order valence-corrected chi connectivity index (χ3v) is 5.20. The van der Waals surface area contributed by atoms with Crippen LogP contribution in [0.25, 0.3) is 5.65 Å². The van der Waals surface area contributed by atoms with Gasteiger partial charge in [-0.25, -0.2) is 23.1 Å². The molecule has 3 aromatic heterocycles. The number of nitrogens with two attached hydrogens (primary N) is 1. The quantitative estimate of drug-likeness (QED) is 0.750. The summed E-state index contributed by atoms with van der Waals surface area (Å²) in [4.78, 5) is 9.20. The van der Waals surface area contributed by atoms with E-state index < -0.39 is 10.0 Å². The van der Waals surface area contributed by atoms with Crippen LogP contribution in [0.3, 0.4) is 0 Å². The van der Waals surface area contributed by atoms with E-state index in [0.717, 1.165) is 4.88 Å². The molecule has 21 heavy (non-hydrogen) atoms. The van der Waals surface area contributed by atoms with Crippen LogP contribution in [0, 0.1) is 6.92 Å². The summed E-state index contributed by atoms with van der Waals surface area (Å²) < 4.78 is 28.8. The second kappa shape index (κ2) is 5.10. The smallest absolute Gasteiger partial charge is 0.260 e. The highest BCUT2D eigenvalue weighted by molar-refractivity contribution is 7.89. The van der Waals surface area contributed by atoms with Crippen LogP contribution in [-0.2, 0) is 16.6 Å². The van der Waals surface area contributed by atoms with Crippen molar-refractivity contribution >= 4 is 32.8 Å². The van der Waals surface area contributed by atoms with Crippen LogP contribution < -0.4 is 10.5 Å². The Hall–Kier alpha value is -1.97. The molecular weight excluding hydrogens is 310 g/mol. The van der Waals surface area contributed by atoms with Crippen molar-refractivity contribution in [2.45, 2.75) is 18.5 Å². The van der Waals surface area contributed by atoms with Crippen molar-refractivity contribution < 1.29 is 8.42 Å². The number of nitrogens with zero attached hydrogens (tertiary/aromatic N) is 3. The van der Waals surface area contributed by atoms with Gasteiger partial charge in [-0.3, -0.25) is 4.40 Å². The van der Waals surface area contributed by atoms with Crippen molar-refractivity contribution in [3.05, 3.63) is 40.5 Å². The standard InChI is InChI=1S/C12H13N5O2S2/c1-8-6-14-10(20-8)7-15-21(18,19)12-11(13)16-9-4-2-3-5-17(9)12/h2-6,15H,7,13H2,1H3. The highest BCUT2D eigenvalue weighted by Crippen LogP contribution is 2.20. The lowest BCUT2D eigenvalue weighted by Gasteiger charge is -2.05. The number of imidazole rings is 1. The van der Waals surface area contributed by atoms with Gasteiger partial charge in [-0.15, -0.1) is 11.3 Å². The molecule has 3 N–H and O–H groups in total. The molecule has 0 atom stereocenters. The van der Waals surface area contributed by atoms with Gasteiger partial charge in [-0.2, -0.15) is 0 Å². The molecule has 0 aromatic carbocycles.